The highest BCUT2D eigenvalue weighted by Gasteiger charge is 2.01. The molecular formula is C14H14ClNO3. The first-order chi connectivity index (χ1) is 9.13. The highest BCUT2D eigenvalue weighted by Crippen LogP contribution is 2.21. The lowest BCUT2D eigenvalue weighted by Gasteiger charge is -2.06. The van der Waals surface area contributed by atoms with Crippen LogP contribution in [0.3, 0.4) is 0 Å². The standard InChI is InChI=1S/C14H14ClNO3/c15-11-4-7-13(16-9-11)19-12-5-1-10(2-6-12)3-8-14(17)18/h1-2,4-7,9,14,17-18H,3,8H2. The largest absolute Gasteiger partial charge is 0.439 e. The number of benzene rings is 1. The molecule has 2 rings (SSSR count). The molecule has 0 saturated heterocycles. The van der Waals surface area contributed by atoms with Crippen LogP contribution in [0.2, 0.25) is 5.02 Å². The van der Waals surface area contributed by atoms with E-state index < -0.39 is 6.29 Å². The van der Waals surface area contributed by atoms with Gasteiger partial charge in [0.2, 0.25) is 5.88 Å². The molecule has 0 fully saturated rings. The summed E-state index contributed by atoms with van der Waals surface area (Å²) in [7, 11) is 0. The van der Waals surface area contributed by atoms with Crippen molar-refractivity contribution in [3.8, 4) is 11.6 Å². The van der Waals surface area contributed by atoms with Crippen LogP contribution in [0.25, 0.3) is 0 Å². The van der Waals surface area contributed by atoms with Crippen molar-refractivity contribution in [2.24, 2.45) is 0 Å². The molecular weight excluding hydrogens is 266 g/mol. The maximum Gasteiger partial charge on any atom is 0.219 e. The Morgan fingerprint density at radius 1 is 1.11 bits per heavy atom. The highest BCUT2D eigenvalue weighted by molar-refractivity contribution is 6.30. The Morgan fingerprint density at radius 3 is 2.42 bits per heavy atom. The summed E-state index contributed by atoms with van der Waals surface area (Å²) in [6.07, 6.45) is 1.18. The van der Waals surface area contributed by atoms with Gasteiger partial charge in [-0.15, -0.1) is 0 Å². The minimum atomic E-state index is -1.27. The van der Waals surface area contributed by atoms with Crippen LogP contribution in [0, 0.1) is 0 Å². The number of halogens is 1. The molecule has 19 heavy (non-hydrogen) atoms. The molecule has 0 radical (unpaired) electrons. The number of aliphatic hydroxyl groups is 2. The van der Waals surface area contributed by atoms with E-state index in [4.69, 9.17) is 26.6 Å². The number of hydrogen-bond acceptors (Lipinski definition) is 4. The maximum atomic E-state index is 8.80. The van der Waals surface area contributed by atoms with Crippen molar-refractivity contribution in [3.05, 3.63) is 53.2 Å². The molecule has 0 unspecified atom stereocenters. The van der Waals surface area contributed by atoms with Crippen LogP contribution < -0.4 is 4.74 Å². The average Bonchev–Trinajstić information content (AvgIpc) is 2.40. The Morgan fingerprint density at radius 2 is 1.84 bits per heavy atom. The fraction of sp³-hybridized carbons (Fsp3) is 0.214. The monoisotopic (exact) mass is 279 g/mol. The molecule has 0 aliphatic heterocycles. The number of nitrogens with zero attached hydrogens (tertiary/aromatic N) is 1. The van der Waals surface area contributed by atoms with Gasteiger partial charge in [0.25, 0.3) is 0 Å². The van der Waals surface area contributed by atoms with Crippen molar-refractivity contribution in [3.63, 3.8) is 0 Å². The summed E-state index contributed by atoms with van der Waals surface area (Å²) in [5.74, 6) is 1.14. The van der Waals surface area contributed by atoms with E-state index >= 15 is 0 Å². The number of aryl methyl sites for hydroxylation is 1. The predicted molar refractivity (Wildman–Crippen MR) is 72.3 cm³/mol. The lowest BCUT2D eigenvalue weighted by atomic mass is 10.1. The summed E-state index contributed by atoms with van der Waals surface area (Å²) >= 11 is 5.74. The second-order valence-corrected chi connectivity index (χ2v) is 4.52. The van der Waals surface area contributed by atoms with E-state index in [1.165, 1.54) is 6.20 Å². The first-order valence-corrected chi connectivity index (χ1v) is 6.26. The number of hydrogen-bond donors (Lipinski definition) is 2. The summed E-state index contributed by atoms with van der Waals surface area (Å²) < 4.78 is 5.55. The van der Waals surface area contributed by atoms with E-state index in [0.29, 0.717) is 29.5 Å². The second kappa shape index (κ2) is 6.52. The van der Waals surface area contributed by atoms with Crippen LogP contribution >= 0.6 is 11.6 Å². The van der Waals surface area contributed by atoms with Crippen LogP contribution in [0.1, 0.15) is 12.0 Å². The lowest BCUT2D eigenvalue weighted by Crippen LogP contribution is -2.05. The van der Waals surface area contributed by atoms with Gasteiger partial charge in [-0.25, -0.2) is 4.98 Å². The Labute approximate surface area is 116 Å². The number of rotatable bonds is 5. The minimum Gasteiger partial charge on any atom is -0.439 e. The Bertz CT molecular complexity index is 511. The normalized spacial score (nSPS) is 10.7. The Kier molecular flexibility index (Phi) is 4.74. The van der Waals surface area contributed by atoms with Gasteiger partial charge >= 0.3 is 0 Å². The highest BCUT2D eigenvalue weighted by atomic mass is 35.5. The van der Waals surface area contributed by atoms with Gasteiger partial charge in [0.15, 0.2) is 6.29 Å². The van der Waals surface area contributed by atoms with E-state index in [1.54, 1.807) is 12.1 Å². The quantitative estimate of drug-likeness (QED) is 0.826. The Balaban J connectivity index is 1.96. The van der Waals surface area contributed by atoms with Gasteiger partial charge in [0.1, 0.15) is 5.75 Å². The van der Waals surface area contributed by atoms with Gasteiger partial charge < -0.3 is 14.9 Å². The van der Waals surface area contributed by atoms with Gasteiger partial charge in [-0.2, -0.15) is 0 Å². The number of pyridine rings is 1. The third kappa shape index (κ3) is 4.52. The van der Waals surface area contributed by atoms with Crippen molar-refractivity contribution in [2.75, 3.05) is 0 Å². The third-order valence-electron chi connectivity index (χ3n) is 2.54. The van der Waals surface area contributed by atoms with Crippen LogP contribution in [0.4, 0.5) is 0 Å². The molecule has 0 saturated carbocycles. The van der Waals surface area contributed by atoms with E-state index in [0.717, 1.165) is 5.56 Å². The molecule has 0 atom stereocenters. The van der Waals surface area contributed by atoms with E-state index in [9.17, 15) is 0 Å². The van der Waals surface area contributed by atoms with Crippen molar-refractivity contribution in [1.29, 1.82) is 0 Å². The second-order valence-electron chi connectivity index (χ2n) is 4.08. The van der Waals surface area contributed by atoms with E-state index in [2.05, 4.69) is 4.98 Å². The molecule has 1 aromatic heterocycles. The smallest absolute Gasteiger partial charge is 0.219 e. The summed E-state index contributed by atoms with van der Waals surface area (Å²) in [6.45, 7) is 0. The summed E-state index contributed by atoms with van der Waals surface area (Å²) in [6, 6.07) is 10.8. The molecule has 0 spiro atoms. The third-order valence-corrected chi connectivity index (χ3v) is 2.76. The van der Waals surface area contributed by atoms with Crippen LogP contribution in [-0.2, 0) is 6.42 Å². The van der Waals surface area contributed by atoms with Crippen LogP contribution in [0.5, 0.6) is 11.6 Å². The van der Waals surface area contributed by atoms with Gasteiger partial charge in [-0.05, 0) is 30.2 Å². The minimum absolute atomic E-state index is 0.318. The summed E-state index contributed by atoms with van der Waals surface area (Å²) in [5.41, 5.74) is 1.02. The zero-order chi connectivity index (χ0) is 13.7. The molecule has 0 bridgehead atoms. The average molecular weight is 280 g/mol. The topological polar surface area (TPSA) is 62.6 Å². The van der Waals surface area contributed by atoms with Gasteiger partial charge in [0.05, 0.1) is 5.02 Å². The predicted octanol–water partition coefficient (Wildman–Crippen LogP) is 2.77. The molecule has 2 aromatic rings. The summed E-state index contributed by atoms with van der Waals surface area (Å²) in [5, 5.41) is 18.2. The zero-order valence-corrected chi connectivity index (χ0v) is 10.9. The first kappa shape index (κ1) is 13.8. The van der Waals surface area contributed by atoms with Crippen molar-refractivity contribution in [1.82, 2.24) is 4.98 Å². The molecule has 0 amide bonds. The van der Waals surface area contributed by atoms with Crippen LogP contribution in [0.15, 0.2) is 42.6 Å². The molecule has 2 N–H and O–H groups in total. The number of aromatic nitrogens is 1. The molecule has 4 nitrogen and oxygen atoms in total. The molecule has 0 aliphatic carbocycles. The van der Waals surface area contributed by atoms with E-state index in [1.807, 2.05) is 24.3 Å². The van der Waals surface area contributed by atoms with Gasteiger partial charge in [-0.3, -0.25) is 0 Å². The fourth-order valence-corrected chi connectivity index (χ4v) is 1.68. The van der Waals surface area contributed by atoms with Crippen molar-refractivity contribution in [2.45, 2.75) is 19.1 Å². The van der Waals surface area contributed by atoms with E-state index in [-0.39, 0.29) is 0 Å². The van der Waals surface area contributed by atoms with Gasteiger partial charge in [0, 0.05) is 18.7 Å². The zero-order valence-electron chi connectivity index (χ0n) is 10.2. The fourth-order valence-electron chi connectivity index (χ4n) is 1.56. The lowest BCUT2D eigenvalue weighted by molar-refractivity contribution is -0.0446. The SMILES string of the molecule is OC(O)CCc1ccc(Oc2ccc(Cl)cn2)cc1. The Hall–Kier alpha value is -1.62. The number of aliphatic hydroxyl groups excluding tert-OH is 1. The van der Waals surface area contributed by atoms with Crippen molar-refractivity contribution >= 4 is 11.6 Å². The molecule has 0 aliphatic rings. The summed E-state index contributed by atoms with van der Waals surface area (Å²) in [4.78, 5) is 4.04. The first-order valence-electron chi connectivity index (χ1n) is 5.88. The molecule has 100 valence electrons. The molecule has 1 aromatic carbocycles. The van der Waals surface area contributed by atoms with Crippen molar-refractivity contribution < 1.29 is 14.9 Å². The molecule has 5 heteroatoms. The number of ether oxygens (including phenoxy) is 1. The van der Waals surface area contributed by atoms with Crippen LogP contribution in [-0.4, -0.2) is 21.5 Å². The van der Waals surface area contributed by atoms with Gasteiger partial charge in [-0.1, -0.05) is 23.7 Å². The molecule has 1 heterocycles. The maximum absolute atomic E-state index is 8.80.